The van der Waals surface area contributed by atoms with E-state index in [9.17, 15) is 19.8 Å². The van der Waals surface area contributed by atoms with Gasteiger partial charge in [0.2, 0.25) is 0 Å². The molecule has 160 valence electrons. The number of carboxylic acids is 2. The molecule has 2 N–H and O–H groups in total. The van der Waals surface area contributed by atoms with E-state index in [0.717, 1.165) is 83.5 Å². The van der Waals surface area contributed by atoms with Crippen molar-refractivity contribution in [1.29, 1.82) is 0 Å². The lowest BCUT2D eigenvalue weighted by Crippen LogP contribution is -2.14. The summed E-state index contributed by atoms with van der Waals surface area (Å²) in [4.78, 5) is 22.6. The summed E-state index contributed by atoms with van der Waals surface area (Å²) in [6, 6.07) is 4.42. The van der Waals surface area contributed by atoms with Gasteiger partial charge in [-0.05, 0) is 100 Å². The van der Waals surface area contributed by atoms with E-state index in [1.54, 1.807) is 0 Å². The minimum atomic E-state index is -0.610. The van der Waals surface area contributed by atoms with E-state index in [0.29, 0.717) is 0 Å². The molecule has 0 aliphatic heterocycles. The fraction of sp³-hybridized carbons (Fsp3) is 0.680. The molecule has 0 amide bonds. The zero-order valence-electron chi connectivity index (χ0n) is 18.1. The minimum Gasteiger partial charge on any atom is -0.481 e. The number of carbonyl (C=O) groups is 2. The van der Waals surface area contributed by atoms with Gasteiger partial charge >= 0.3 is 11.9 Å². The first kappa shape index (κ1) is 21.9. The molecule has 0 spiro atoms. The third-order valence-electron chi connectivity index (χ3n) is 7.43. The number of aliphatic carboxylic acids is 2. The number of carboxylic acid groups (broad SMARTS) is 2. The van der Waals surface area contributed by atoms with E-state index in [1.165, 1.54) is 22.3 Å². The third kappa shape index (κ3) is 5.21. The molecule has 0 saturated heterocycles. The lowest BCUT2D eigenvalue weighted by atomic mass is 9.89. The van der Waals surface area contributed by atoms with Crippen molar-refractivity contribution in [2.45, 2.75) is 97.3 Å². The Morgan fingerprint density at radius 2 is 1.10 bits per heavy atom. The van der Waals surface area contributed by atoms with Crippen LogP contribution >= 0.6 is 0 Å². The molecule has 0 radical (unpaired) electrons. The van der Waals surface area contributed by atoms with E-state index in [2.05, 4.69) is 26.0 Å². The summed E-state index contributed by atoms with van der Waals surface area (Å²) >= 11 is 0. The Kier molecular flexibility index (Phi) is 6.70. The Bertz CT molecular complexity index is 756. The predicted octanol–water partition coefficient (Wildman–Crippen LogP) is 5.85. The van der Waals surface area contributed by atoms with Crippen LogP contribution in [0.3, 0.4) is 0 Å². The lowest BCUT2D eigenvalue weighted by molar-refractivity contribution is -0.144. The Morgan fingerprint density at radius 1 is 0.724 bits per heavy atom. The molecule has 29 heavy (non-hydrogen) atoms. The summed E-state index contributed by atoms with van der Waals surface area (Å²) in [5, 5.41) is 18.6. The van der Waals surface area contributed by atoms with Crippen molar-refractivity contribution in [3.05, 3.63) is 34.4 Å². The van der Waals surface area contributed by atoms with Crippen LogP contribution in [0.25, 0.3) is 0 Å². The summed E-state index contributed by atoms with van der Waals surface area (Å²) in [7, 11) is 0. The summed E-state index contributed by atoms with van der Waals surface area (Å²) in [5.41, 5.74) is 4.81. The van der Waals surface area contributed by atoms with Gasteiger partial charge in [-0.2, -0.15) is 0 Å². The lowest BCUT2D eigenvalue weighted by Gasteiger charge is -2.17. The minimum absolute atomic E-state index is 0.390. The van der Waals surface area contributed by atoms with Crippen LogP contribution < -0.4 is 0 Å². The topological polar surface area (TPSA) is 74.6 Å². The molecule has 3 rings (SSSR count). The van der Waals surface area contributed by atoms with Gasteiger partial charge in [-0.1, -0.05) is 31.4 Å². The number of hydrogen-bond donors (Lipinski definition) is 2. The van der Waals surface area contributed by atoms with Gasteiger partial charge in [0, 0.05) is 0 Å². The van der Waals surface area contributed by atoms with Crippen molar-refractivity contribution in [3.8, 4) is 0 Å². The highest BCUT2D eigenvalue weighted by Crippen LogP contribution is 2.50. The standard InChI is InChI=1S/C25H36O4/c1-18-10-11-19(2)21(9-5-7-13-25(16-17-25)23(28)29)20(18)8-4-3-6-12-24(14-15-24)22(26)27/h10-11H,3-9,12-17H2,1-2H3,(H,26,27)(H,28,29). The van der Waals surface area contributed by atoms with Crippen LogP contribution in [0.1, 0.15) is 92.9 Å². The quantitative estimate of drug-likeness (QED) is 0.407. The molecular formula is C25H36O4. The first-order valence-corrected chi connectivity index (χ1v) is 11.3. The normalized spacial score (nSPS) is 18.4. The summed E-state index contributed by atoms with van der Waals surface area (Å²) in [6.07, 6.45) is 12.4. The Morgan fingerprint density at radius 3 is 1.48 bits per heavy atom. The highest BCUT2D eigenvalue weighted by Gasteiger charge is 2.49. The summed E-state index contributed by atoms with van der Waals surface area (Å²) in [5.74, 6) is -1.22. The molecule has 1 aromatic carbocycles. The monoisotopic (exact) mass is 400 g/mol. The van der Waals surface area contributed by atoms with E-state index in [1.807, 2.05) is 0 Å². The van der Waals surface area contributed by atoms with Gasteiger partial charge in [0.15, 0.2) is 0 Å². The number of benzene rings is 1. The zero-order chi connectivity index (χ0) is 21.1. The molecule has 2 aliphatic rings. The van der Waals surface area contributed by atoms with E-state index in [-0.39, 0.29) is 5.41 Å². The van der Waals surface area contributed by atoms with Crippen LogP contribution in [0.2, 0.25) is 0 Å². The molecule has 1 aromatic rings. The Balaban J connectivity index is 1.47. The zero-order valence-corrected chi connectivity index (χ0v) is 18.1. The molecule has 4 heteroatoms. The maximum atomic E-state index is 11.3. The van der Waals surface area contributed by atoms with E-state index < -0.39 is 17.4 Å². The summed E-state index contributed by atoms with van der Waals surface area (Å²) in [6.45, 7) is 4.37. The van der Waals surface area contributed by atoms with E-state index >= 15 is 0 Å². The molecule has 0 atom stereocenters. The SMILES string of the molecule is Cc1ccc(C)c(CCCCC2(C(=O)O)CC2)c1CCCCCC1(C(=O)O)CC1. The van der Waals surface area contributed by atoms with Crippen LogP contribution in [0, 0.1) is 24.7 Å². The molecule has 0 unspecified atom stereocenters. The van der Waals surface area contributed by atoms with Crippen LogP contribution in [-0.4, -0.2) is 22.2 Å². The van der Waals surface area contributed by atoms with E-state index in [4.69, 9.17) is 0 Å². The van der Waals surface area contributed by atoms with Gasteiger partial charge in [-0.3, -0.25) is 9.59 Å². The average Bonchev–Trinajstić information content (AvgIpc) is 3.58. The number of hydrogen-bond acceptors (Lipinski definition) is 2. The van der Waals surface area contributed by atoms with Gasteiger partial charge in [0.1, 0.15) is 0 Å². The second-order valence-electron chi connectivity index (χ2n) is 9.60. The van der Waals surface area contributed by atoms with Crippen molar-refractivity contribution in [2.75, 3.05) is 0 Å². The second kappa shape index (κ2) is 8.89. The highest BCUT2D eigenvalue weighted by molar-refractivity contribution is 5.78. The van der Waals surface area contributed by atoms with Gasteiger partial charge in [0.05, 0.1) is 10.8 Å². The maximum Gasteiger partial charge on any atom is 0.309 e. The van der Waals surface area contributed by atoms with Gasteiger partial charge in [-0.25, -0.2) is 0 Å². The smallest absolute Gasteiger partial charge is 0.309 e. The molecule has 0 heterocycles. The van der Waals surface area contributed by atoms with Crippen LogP contribution in [0.5, 0.6) is 0 Å². The van der Waals surface area contributed by atoms with Crippen molar-refractivity contribution < 1.29 is 19.8 Å². The van der Waals surface area contributed by atoms with Gasteiger partial charge < -0.3 is 10.2 Å². The Hall–Kier alpha value is -1.84. The molecule has 0 bridgehead atoms. The fourth-order valence-corrected chi connectivity index (χ4v) is 4.77. The van der Waals surface area contributed by atoms with Crippen LogP contribution in [0.15, 0.2) is 12.1 Å². The molecule has 0 aromatic heterocycles. The highest BCUT2D eigenvalue weighted by atomic mass is 16.4. The van der Waals surface area contributed by atoms with Gasteiger partial charge in [-0.15, -0.1) is 0 Å². The van der Waals surface area contributed by atoms with Crippen molar-refractivity contribution >= 4 is 11.9 Å². The fourth-order valence-electron chi connectivity index (χ4n) is 4.77. The molecule has 2 saturated carbocycles. The molecule has 2 fully saturated rings. The third-order valence-corrected chi connectivity index (χ3v) is 7.43. The summed E-state index contributed by atoms with van der Waals surface area (Å²) < 4.78 is 0. The van der Waals surface area contributed by atoms with Gasteiger partial charge in [0.25, 0.3) is 0 Å². The first-order valence-electron chi connectivity index (χ1n) is 11.3. The molecule has 4 nitrogen and oxygen atoms in total. The van der Waals surface area contributed by atoms with Crippen LogP contribution in [-0.2, 0) is 22.4 Å². The largest absolute Gasteiger partial charge is 0.481 e. The van der Waals surface area contributed by atoms with Crippen LogP contribution in [0.4, 0.5) is 0 Å². The average molecular weight is 401 g/mol. The van der Waals surface area contributed by atoms with Crippen molar-refractivity contribution in [1.82, 2.24) is 0 Å². The predicted molar refractivity (Wildman–Crippen MR) is 114 cm³/mol. The number of unbranched alkanes of at least 4 members (excludes halogenated alkanes) is 3. The maximum absolute atomic E-state index is 11.3. The molecule has 2 aliphatic carbocycles. The molecular weight excluding hydrogens is 364 g/mol. The Labute approximate surface area is 174 Å². The second-order valence-corrected chi connectivity index (χ2v) is 9.60. The van der Waals surface area contributed by atoms with Crippen molar-refractivity contribution in [2.24, 2.45) is 10.8 Å². The first-order chi connectivity index (χ1) is 13.8. The number of aryl methyl sites for hydroxylation is 2. The number of rotatable bonds is 13. The van der Waals surface area contributed by atoms with Crippen molar-refractivity contribution in [3.63, 3.8) is 0 Å².